The molecular formula is C26H22ClN3O3. The summed E-state index contributed by atoms with van der Waals surface area (Å²) in [6.45, 7) is 2.28. The molecule has 4 aromatic rings. The molecule has 2 bridgehead atoms. The van der Waals surface area contributed by atoms with Crippen molar-refractivity contribution in [1.82, 2.24) is 9.88 Å². The summed E-state index contributed by atoms with van der Waals surface area (Å²) in [5.74, 6) is 0.0395. The van der Waals surface area contributed by atoms with Crippen LogP contribution in [0.2, 0.25) is 5.02 Å². The smallest absolute Gasteiger partial charge is 0.298 e. The van der Waals surface area contributed by atoms with Gasteiger partial charge in [0.2, 0.25) is 0 Å². The minimum Gasteiger partial charge on any atom is -0.423 e. The molecule has 2 saturated heterocycles. The van der Waals surface area contributed by atoms with Crippen LogP contribution in [0, 0.1) is 0 Å². The first-order valence-corrected chi connectivity index (χ1v) is 11.4. The Kier molecular flexibility index (Phi) is 5.04. The Morgan fingerprint density at radius 2 is 1.64 bits per heavy atom. The second-order valence-electron chi connectivity index (χ2n) is 8.52. The Balaban J connectivity index is 1.22. The Morgan fingerprint density at radius 3 is 2.42 bits per heavy atom. The van der Waals surface area contributed by atoms with Crippen molar-refractivity contribution in [3.05, 3.63) is 83.4 Å². The van der Waals surface area contributed by atoms with Gasteiger partial charge >= 0.3 is 0 Å². The van der Waals surface area contributed by atoms with E-state index in [0.29, 0.717) is 42.8 Å². The third kappa shape index (κ3) is 3.86. The third-order valence-electron chi connectivity index (χ3n) is 6.22. The van der Waals surface area contributed by atoms with Gasteiger partial charge in [0.15, 0.2) is 5.58 Å². The zero-order valence-corrected chi connectivity index (χ0v) is 18.6. The van der Waals surface area contributed by atoms with Crippen molar-refractivity contribution in [2.24, 2.45) is 0 Å². The fourth-order valence-corrected chi connectivity index (χ4v) is 4.91. The molecule has 2 aliphatic rings. The highest BCUT2D eigenvalue weighted by atomic mass is 35.5. The topological polar surface area (TPSA) is 58.8 Å². The normalized spacial score (nSPS) is 20.3. The number of halogens is 1. The zero-order valence-electron chi connectivity index (χ0n) is 17.9. The number of hydrogen-bond acceptors (Lipinski definition) is 5. The fourth-order valence-electron chi connectivity index (χ4n) is 4.75. The van der Waals surface area contributed by atoms with E-state index < -0.39 is 0 Å². The number of oxazole rings is 1. The van der Waals surface area contributed by atoms with E-state index in [-0.39, 0.29) is 18.1 Å². The molecule has 6 nitrogen and oxygen atoms in total. The molecule has 2 atom stereocenters. The minimum atomic E-state index is -0.107. The highest BCUT2D eigenvalue weighted by Gasteiger charge is 2.38. The van der Waals surface area contributed by atoms with E-state index in [1.807, 2.05) is 65.6 Å². The van der Waals surface area contributed by atoms with Crippen molar-refractivity contribution in [1.29, 1.82) is 0 Å². The van der Waals surface area contributed by atoms with Gasteiger partial charge in [-0.3, -0.25) is 4.79 Å². The Bertz CT molecular complexity index is 1310. The van der Waals surface area contributed by atoms with Gasteiger partial charge in [0.1, 0.15) is 5.52 Å². The van der Waals surface area contributed by atoms with Crippen LogP contribution in [-0.4, -0.2) is 54.2 Å². The summed E-state index contributed by atoms with van der Waals surface area (Å²) in [5, 5.41) is 0.631. The summed E-state index contributed by atoms with van der Waals surface area (Å²) in [5.41, 5.74) is 4.16. The number of nitrogens with zero attached hydrogens (tertiary/aromatic N) is 3. The number of benzene rings is 3. The van der Waals surface area contributed by atoms with Gasteiger partial charge < -0.3 is 19.0 Å². The minimum absolute atomic E-state index is 0.0395. The van der Waals surface area contributed by atoms with Crippen LogP contribution in [-0.2, 0) is 4.74 Å². The van der Waals surface area contributed by atoms with E-state index in [2.05, 4.69) is 9.88 Å². The first-order chi connectivity index (χ1) is 16.1. The van der Waals surface area contributed by atoms with Gasteiger partial charge in [-0.15, -0.1) is 0 Å². The standard InChI is InChI=1S/C26H22ClN3O3/c27-18-10-11-24-23(12-18)28-26(33-24)30-15-19-13-29(14-20(16-30)32-19)25(31)22-9-5-4-8-21(22)17-6-2-1-3-7-17/h1-12,19-20H,13-16H2. The molecule has 166 valence electrons. The Morgan fingerprint density at radius 1 is 0.909 bits per heavy atom. The van der Waals surface area contributed by atoms with Crippen molar-refractivity contribution < 1.29 is 13.9 Å². The van der Waals surface area contributed by atoms with Crippen molar-refractivity contribution in [2.45, 2.75) is 12.2 Å². The monoisotopic (exact) mass is 459 g/mol. The fraction of sp³-hybridized carbons (Fsp3) is 0.231. The summed E-state index contributed by atoms with van der Waals surface area (Å²) in [7, 11) is 0. The van der Waals surface area contributed by atoms with Crippen LogP contribution in [0.4, 0.5) is 6.01 Å². The first-order valence-electron chi connectivity index (χ1n) is 11.0. The largest absolute Gasteiger partial charge is 0.423 e. The Hall–Kier alpha value is -3.35. The van der Waals surface area contributed by atoms with Crippen LogP contribution in [0.5, 0.6) is 0 Å². The molecule has 0 N–H and O–H groups in total. The maximum Gasteiger partial charge on any atom is 0.298 e. The number of carbonyl (C=O) groups is 1. The summed E-state index contributed by atoms with van der Waals surface area (Å²) in [6, 6.07) is 23.8. The van der Waals surface area contributed by atoms with Crippen molar-refractivity contribution >= 4 is 34.6 Å². The third-order valence-corrected chi connectivity index (χ3v) is 6.45. The summed E-state index contributed by atoms with van der Waals surface area (Å²) < 4.78 is 12.1. The quantitative estimate of drug-likeness (QED) is 0.437. The number of rotatable bonds is 3. The van der Waals surface area contributed by atoms with Crippen LogP contribution in [0.15, 0.2) is 77.2 Å². The predicted octanol–water partition coefficient (Wildman–Crippen LogP) is 4.88. The molecule has 1 amide bonds. The van der Waals surface area contributed by atoms with Gasteiger partial charge in [-0.25, -0.2) is 0 Å². The lowest BCUT2D eigenvalue weighted by atomic mass is 9.98. The number of fused-ring (bicyclic) bond motifs is 3. The highest BCUT2D eigenvalue weighted by molar-refractivity contribution is 6.31. The lowest BCUT2D eigenvalue weighted by molar-refractivity contribution is -0.0854. The van der Waals surface area contributed by atoms with E-state index in [1.54, 1.807) is 12.1 Å². The SMILES string of the molecule is O=C(c1ccccc1-c1ccccc1)N1CC2CN(c3nc4cc(Cl)ccc4o3)CC(C1)O2. The van der Waals surface area contributed by atoms with Gasteiger partial charge in [0.25, 0.3) is 11.9 Å². The molecule has 0 aliphatic carbocycles. The van der Waals surface area contributed by atoms with Crippen LogP contribution in [0.3, 0.4) is 0 Å². The number of carbonyl (C=O) groups excluding carboxylic acids is 1. The Labute approximate surface area is 196 Å². The average molecular weight is 460 g/mol. The van der Waals surface area contributed by atoms with Gasteiger partial charge in [-0.05, 0) is 35.4 Å². The van der Waals surface area contributed by atoms with E-state index in [9.17, 15) is 4.79 Å². The van der Waals surface area contributed by atoms with Crippen LogP contribution >= 0.6 is 11.6 Å². The summed E-state index contributed by atoms with van der Waals surface area (Å²) >= 11 is 6.09. The number of amides is 1. The molecule has 7 heteroatoms. The highest BCUT2D eigenvalue weighted by Crippen LogP contribution is 2.30. The lowest BCUT2D eigenvalue weighted by Crippen LogP contribution is -2.60. The molecule has 1 aromatic heterocycles. The maximum atomic E-state index is 13.5. The molecule has 2 unspecified atom stereocenters. The van der Waals surface area contributed by atoms with Crippen LogP contribution in [0.1, 0.15) is 10.4 Å². The molecule has 0 radical (unpaired) electrons. The van der Waals surface area contributed by atoms with Crippen LogP contribution in [0.25, 0.3) is 22.2 Å². The number of ether oxygens (including phenoxy) is 1. The zero-order chi connectivity index (χ0) is 22.4. The van der Waals surface area contributed by atoms with E-state index in [0.717, 1.165) is 22.2 Å². The van der Waals surface area contributed by atoms with Crippen LogP contribution < -0.4 is 4.90 Å². The second kappa shape index (κ2) is 8.21. The van der Waals surface area contributed by atoms with Gasteiger partial charge in [-0.1, -0.05) is 60.1 Å². The predicted molar refractivity (Wildman–Crippen MR) is 128 cm³/mol. The van der Waals surface area contributed by atoms with E-state index >= 15 is 0 Å². The number of hydrogen-bond donors (Lipinski definition) is 0. The molecule has 3 aromatic carbocycles. The van der Waals surface area contributed by atoms with Crippen molar-refractivity contribution in [2.75, 3.05) is 31.1 Å². The summed E-state index contributed by atoms with van der Waals surface area (Å²) in [6.07, 6.45) is -0.215. The average Bonchev–Trinajstić information content (AvgIpc) is 3.27. The molecule has 0 saturated carbocycles. The maximum absolute atomic E-state index is 13.5. The van der Waals surface area contributed by atoms with Crippen molar-refractivity contribution in [3.8, 4) is 11.1 Å². The molecule has 6 rings (SSSR count). The molecule has 0 spiro atoms. The number of aromatic nitrogens is 1. The molecule has 2 aliphatic heterocycles. The number of anilines is 1. The van der Waals surface area contributed by atoms with E-state index in [4.69, 9.17) is 20.8 Å². The van der Waals surface area contributed by atoms with E-state index in [1.165, 1.54) is 0 Å². The summed E-state index contributed by atoms with van der Waals surface area (Å²) in [4.78, 5) is 22.2. The molecule has 2 fully saturated rings. The first kappa shape index (κ1) is 20.3. The van der Waals surface area contributed by atoms with Gasteiger partial charge in [0.05, 0.1) is 25.3 Å². The van der Waals surface area contributed by atoms with Crippen molar-refractivity contribution in [3.63, 3.8) is 0 Å². The van der Waals surface area contributed by atoms with Gasteiger partial charge in [-0.2, -0.15) is 4.98 Å². The second-order valence-corrected chi connectivity index (χ2v) is 8.95. The number of morpholine rings is 2. The van der Waals surface area contributed by atoms with Gasteiger partial charge in [0, 0.05) is 23.7 Å². The molecule has 3 heterocycles. The molecular weight excluding hydrogens is 438 g/mol. The lowest BCUT2D eigenvalue weighted by Gasteiger charge is -2.45. The molecule has 33 heavy (non-hydrogen) atoms.